The quantitative estimate of drug-likeness (QED) is 0.846. The molecule has 8 heteroatoms. The maximum atomic E-state index is 11.3. The number of carboxylic acids is 1. The highest BCUT2D eigenvalue weighted by Crippen LogP contribution is 2.20. The largest absolute Gasteiger partial charge is 0.480 e. The average molecular weight is 279 g/mol. The summed E-state index contributed by atoms with van der Waals surface area (Å²) >= 11 is 1.59. The number of nitrogens with zero attached hydrogens (tertiary/aromatic N) is 5. The van der Waals surface area contributed by atoms with Gasteiger partial charge in [-0.1, -0.05) is 6.07 Å². The van der Waals surface area contributed by atoms with Gasteiger partial charge in [0.1, 0.15) is 5.69 Å². The summed E-state index contributed by atoms with van der Waals surface area (Å²) in [5.41, 5.74) is 0.558. The van der Waals surface area contributed by atoms with E-state index in [1.807, 2.05) is 6.26 Å². The Morgan fingerprint density at radius 3 is 3.00 bits per heavy atom. The van der Waals surface area contributed by atoms with Gasteiger partial charge < -0.3 is 5.11 Å². The van der Waals surface area contributed by atoms with E-state index >= 15 is 0 Å². The lowest BCUT2D eigenvalue weighted by atomic mass is 10.2. The molecule has 0 spiro atoms. The van der Waals surface area contributed by atoms with E-state index in [4.69, 9.17) is 0 Å². The lowest BCUT2D eigenvalue weighted by Crippen LogP contribution is -2.22. The molecule has 19 heavy (non-hydrogen) atoms. The zero-order valence-corrected chi connectivity index (χ0v) is 11.1. The van der Waals surface area contributed by atoms with E-state index in [2.05, 4.69) is 20.5 Å². The van der Waals surface area contributed by atoms with Crippen molar-refractivity contribution in [3.63, 3.8) is 0 Å². The van der Waals surface area contributed by atoms with Gasteiger partial charge in [0, 0.05) is 6.20 Å². The molecule has 0 aliphatic rings. The molecule has 1 unspecified atom stereocenters. The predicted molar refractivity (Wildman–Crippen MR) is 70.7 cm³/mol. The van der Waals surface area contributed by atoms with Crippen LogP contribution in [0.1, 0.15) is 12.5 Å². The number of tetrazole rings is 1. The van der Waals surface area contributed by atoms with Gasteiger partial charge in [0.2, 0.25) is 5.82 Å². The molecule has 2 aromatic rings. The van der Waals surface area contributed by atoms with Crippen molar-refractivity contribution >= 4 is 17.7 Å². The summed E-state index contributed by atoms with van der Waals surface area (Å²) in [5, 5.41) is 20.5. The molecule has 0 bridgehead atoms. The van der Waals surface area contributed by atoms with E-state index in [-0.39, 0.29) is 0 Å². The Balaban J connectivity index is 2.34. The van der Waals surface area contributed by atoms with Crippen LogP contribution in [0.15, 0.2) is 24.4 Å². The van der Waals surface area contributed by atoms with Crippen LogP contribution in [-0.2, 0) is 4.79 Å². The second-order valence-electron chi connectivity index (χ2n) is 3.80. The van der Waals surface area contributed by atoms with Gasteiger partial charge in [-0.2, -0.15) is 11.8 Å². The zero-order valence-electron chi connectivity index (χ0n) is 10.3. The number of aromatic nitrogens is 5. The van der Waals surface area contributed by atoms with Crippen LogP contribution < -0.4 is 0 Å². The number of hydrogen-bond donors (Lipinski definition) is 1. The molecule has 100 valence electrons. The Morgan fingerprint density at radius 1 is 1.53 bits per heavy atom. The number of carboxylic acid groups (broad SMARTS) is 1. The summed E-state index contributed by atoms with van der Waals surface area (Å²) in [7, 11) is 0. The van der Waals surface area contributed by atoms with E-state index in [9.17, 15) is 9.90 Å². The van der Waals surface area contributed by atoms with Gasteiger partial charge in [-0.25, -0.2) is 9.48 Å². The average Bonchev–Trinajstić information content (AvgIpc) is 2.89. The highest BCUT2D eigenvalue weighted by atomic mass is 32.2. The molecular weight excluding hydrogens is 266 g/mol. The Hall–Kier alpha value is -1.96. The zero-order chi connectivity index (χ0) is 13.7. The second-order valence-corrected chi connectivity index (χ2v) is 4.78. The van der Waals surface area contributed by atoms with Gasteiger partial charge in [0.05, 0.1) is 0 Å². The minimum Gasteiger partial charge on any atom is -0.480 e. The lowest BCUT2D eigenvalue weighted by molar-refractivity contribution is -0.141. The van der Waals surface area contributed by atoms with Crippen LogP contribution in [0.4, 0.5) is 0 Å². The van der Waals surface area contributed by atoms with Crippen LogP contribution in [0.3, 0.4) is 0 Å². The molecular formula is C11H13N5O2S. The fourth-order valence-electron chi connectivity index (χ4n) is 1.65. The molecule has 0 saturated heterocycles. The third kappa shape index (κ3) is 3.08. The summed E-state index contributed by atoms with van der Waals surface area (Å²) in [5.74, 6) is 0.144. The number of rotatable bonds is 6. The summed E-state index contributed by atoms with van der Waals surface area (Å²) in [4.78, 5) is 15.5. The fraction of sp³-hybridized carbons (Fsp3) is 0.364. The third-order valence-corrected chi connectivity index (χ3v) is 3.21. The van der Waals surface area contributed by atoms with Gasteiger partial charge in [0.15, 0.2) is 6.04 Å². The van der Waals surface area contributed by atoms with E-state index in [1.54, 1.807) is 36.2 Å². The predicted octanol–water partition coefficient (Wildman–Crippen LogP) is 1.11. The lowest BCUT2D eigenvalue weighted by Gasteiger charge is -2.12. The van der Waals surface area contributed by atoms with Crippen molar-refractivity contribution in [2.45, 2.75) is 12.5 Å². The van der Waals surface area contributed by atoms with Gasteiger partial charge in [-0.05, 0) is 41.0 Å². The summed E-state index contributed by atoms with van der Waals surface area (Å²) in [6.07, 6.45) is 4.01. The van der Waals surface area contributed by atoms with Crippen molar-refractivity contribution in [3.05, 3.63) is 24.4 Å². The summed E-state index contributed by atoms with van der Waals surface area (Å²) in [6, 6.07) is 4.55. The van der Waals surface area contributed by atoms with Crippen LogP contribution in [0.25, 0.3) is 11.5 Å². The molecule has 0 fully saturated rings. The molecule has 7 nitrogen and oxygen atoms in total. The first-order valence-corrected chi connectivity index (χ1v) is 7.04. The van der Waals surface area contributed by atoms with E-state index in [1.165, 1.54) is 4.68 Å². The molecule has 0 aliphatic carbocycles. The van der Waals surface area contributed by atoms with E-state index in [0.717, 1.165) is 5.75 Å². The van der Waals surface area contributed by atoms with Gasteiger partial charge in [-0.15, -0.1) is 5.10 Å². The molecule has 2 rings (SSSR count). The number of thioether (sulfide) groups is 1. The number of carbonyl (C=O) groups is 1. The van der Waals surface area contributed by atoms with E-state index < -0.39 is 12.0 Å². The topological polar surface area (TPSA) is 93.8 Å². The van der Waals surface area contributed by atoms with Crippen LogP contribution in [0.2, 0.25) is 0 Å². The van der Waals surface area contributed by atoms with Crippen LogP contribution in [0, 0.1) is 0 Å². The number of aliphatic carboxylic acids is 1. The summed E-state index contributed by atoms with van der Waals surface area (Å²) < 4.78 is 1.32. The number of hydrogen-bond acceptors (Lipinski definition) is 6. The minimum atomic E-state index is -0.946. The number of pyridine rings is 1. The second kappa shape index (κ2) is 6.28. The van der Waals surface area contributed by atoms with Gasteiger partial charge >= 0.3 is 5.97 Å². The van der Waals surface area contributed by atoms with Gasteiger partial charge in [0.25, 0.3) is 0 Å². The normalized spacial score (nSPS) is 12.3. The Labute approximate surface area is 114 Å². The standard InChI is InChI=1S/C11H13N5O2S/c1-19-7-5-9(11(17)18)16-10(13-14-15-16)8-4-2-3-6-12-8/h2-4,6,9H,5,7H2,1H3,(H,17,18). The maximum absolute atomic E-state index is 11.3. The van der Waals surface area contributed by atoms with Crippen molar-refractivity contribution in [1.82, 2.24) is 25.2 Å². The first-order valence-electron chi connectivity index (χ1n) is 5.65. The first-order chi connectivity index (χ1) is 9.24. The van der Waals surface area contributed by atoms with Crippen LogP contribution >= 0.6 is 11.8 Å². The van der Waals surface area contributed by atoms with E-state index in [0.29, 0.717) is 17.9 Å². The highest BCUT2D eigenvalue weighted by Gasteiger charge is 2.24. The molecule has 0 saturated carbocycles. The van der Waals surface area contributed by atoms with Crippen molar-refractivity contribution < 1.29 is 9.90 Å². The maximum Gasteiger partial charge on any atom is 0.328 e. The monoisotopic (exact) mass is 279 g/mol. The molecule has 0 aromatic carbocycles. The molecule has 0 amide bonds. The first kappa shape index (κ1) is 13.5. The van der Waals surface area contributed by atoms with Crippen molar-refractivity contribution in [2.75, 3.05) is 12.0 Å². The van der Waals surface area contributed by atoms with Crippen molar-refractivity contribution in [3.8, 4) is 11.5 Å². The fourth-order valence-corrected chi connectivity index (χ4v) is 2.11. The SMILES string of the molecule is CSCCC(C(=O)O)n1nnnc1-c1ccccn1. The smallest absolute Gasteiger partial charge is 0.328 e. The highest BCUT2D eigenvalue weighted by molar-refractivity contribution is 7.98. The van der Waals surface area contributed by atoms with Crippen LogP contribution in [-0.4, -0.2) is 48.3 Å². The molecule has 2 aromatic heterocycles. The molecule has 1 N–H and O–H groups in total. The summed E-state index contributed by atoms with van der Waals surface area (Å²) in [6.45, 7) is 0. The molecule has 0 aliphatic heterocycles. The molecule has 2 heterocycles. The van der Waals surface area contributed by atoms with Crippen molar-refractivity contribution in [2.24, 2.45) is 0 Å². The van der Waals surface area contributed by atoms with Crippen LogP contribution in [0.5, 0.6) is 0 Å². The van der Waals surface area contributed by atoms with Crippen molar-refractivity contribution in [1.29, 1.82) is 0 Å². The Morgan fingerprint density at radius 2 is 2.37 bits per heavy atom. The Kier molecular flexibility index (Phi) is 4.45. The molecule has 1 atom stereocenters. The minimum absolute atomic E-state index is 0.370. The Bertz CT molecular complexity index is 545. The molecule has 0 radical (unpaired) electrons. The van der Waals surface area contributed by atoms with Gasteiger partial charge in [-0.3, -0.25) is 4.98 Å². The third-order valence-electron chi connectivity index (χ3n) is 2.56.